The van der Waals surface area contributed by atoms with Gasteiger partial charge in [-0.15, -0.1) is 0 Å². The second-order valence-electron chi connectivity index (χ2n) is 6.47. The molecule has 1 aromatic heterocycles. The smallest absolute Gasteiger partial charge is 0.256 e. The molecule has 6 heteroatoms. The van der Waals surface area contributed by atoms with Gasteiger partial charge in [0.2, 0.25) is 0 Å². The minimum Gasteiger partial charge on any atom is -0.381 e. The molecule has 1 amide bonds. The number of halogens is 1. The first kappa shape index (κ1) is 20.5. The highest BCUT2D eigenvalue weighted by molar-refractivity contribution is 6.33. The van der Waals surface area contributed by atoms with Crippen LogP contribution in [0.3, 0.4) is 0 Å². The number of unbranched alkanes of at least 4 members (excludes halogenated alkanes) is 1. The van der Waals surface area contributed by atoms with Gasteiger partial charge in [0.1, 0.15) is 5.15 Å². The normalized spacial score (nSPS) is 10.9. The van der Waals surface area contributed by atoms with Crippen LogP contribution in [-0.4, -0.2) is 35.4 Å². The van der Waals surface area contributed by atoms with Gasteiger partial charge in [0.05, 0.1) is 17.8 Å². The molecule has 26 heavy (non-hydrogen) atoms. The number of benzene rings is 1. The highest BCUT2D eigenvalue weighted by Crippen LogP contribution is 2.21. The van der Waals surface area contributed by atoms with Crippen molar-refractivity contribution in [2.75, 3.05) is 19.8 Å². The summed E-state index contributed by atoms with van der Waals surface area (Å²) < 4.78 is 7.17. The maximum absolute atomic E-state index is 12.4. The van der Waals surface area contributed by atoms with Crippen LogP contribution >= 0.6 is 11.6 Å². The van der Waals surface area contributed by atoms with Crippen molar-refractivity contribution in [1.82, 2.24) is 15.1 Å². The number of hydrogen-bond acceptors (Lipinski definition) is 3. The number of aromatic nitrogens is 2. The van der Waals surface area contributed by atoms with Crippen LogP contribution < -0.4 is 5.32 Å². The van der Waals surface area contributed by atoms with E-state index < -0.39 is 0 Å². The van der Waals surface area contributed by atoms with Crippen LogP contribution in [0.25, 0.3) is 0 Å². The van der Waals surface area contributed by atoms with E-state index in [4.69, 9.17) is 16.3 Å². The van der Waals surface area contributed by atoms with Gasteiger partial charge < -0.3 is 10.1 Å². The summed E-state index contributed by atoms with van der Waals surface area (Å²) in [6.07, 6.45) is 2.98. The molecule has 0 fully saturated rings. The van der Waals surface area contributed by atoms with Crippen LogP contribution in [-0.2, 0) is 11.3 Å². The molecule has 1 heterocycles. The van der Waals surface area contributed by atoms with Crippen molar-refractivity contribution < 1.29 is 9.53 Å². The van der Waals surface area contributed by atoms with E-state index >= 15 is 0 Å². The number of nitrogens with one attached hydrogen (secondary N) is 1. The average Bonchev–Trinajstić information content (AvgIpc) is 2.89. The fraction of sp³-hybridized carbons (Fsp3) is 0.500. The molecule has 1 aromatic carbocycles. The third kappa shape index (κ3) is 5.85. The predicted octanol–water partition coefficient (Wildman–Crippen LogP) is 4.14. The van der Waals surface area contributed by atoms with Gasteiger partial charge in [-0.2, -0.15) is 5.10 Å². The molecule has 0 radical (unpaired) electrons. The van der Waals surface area contributed by atoms with Crippen molar-refractivity contribution >= 4 is 17.5 Å². The van der Waals surface area contributed by atoms with Gasteiger partial charge in [-0.1, -0.05) is 54.8 Å². The van der Waals surface area contributed by atoms with Gasteiger partial charge in [-0.25, -0.2) is 4.68 Å². The van der Waals surface area contributed by atoms with E-state index in [-0.39, 0.29) is 5.91 Å². The van der Waals surface area contributed by atoms with Gasteiger partial charge in [0, 0.05) is 19.8 Å². The van der Waals surface area contributed by atoms with Crippen LogP contribution in [0.5, 0.6) is 0 Å². The lowest BCUT2D eigenvalue weighted by Gasteiger charge is -2.07. The Morgan fingerprint density at radius 2 is 1.88 bits per heavy atom. The molecule has 142 valence electrons. The molecule has 0 aliphatic heterocycles. The second kappa shape index (κ2) is 10.3. The number of ether oxygens (including phenoxy) is 1. The molecule has 0 saturated heterocycles. The monoisotopic (exact) mass is 377 g/mol. The van der Waals surface area contributed by atoms with Crippen LogP contribution in [0.4, 0.5) is 0 Å². The summed E-state index contributed by atoms with van der Waals surface area (Å²) in [5.41, 5.74) is 3.39. The Bertz CT molecular complexity index is 711. The van der Waals surface area contributed by atoms with Crippen molar-refractivity contribution in [3.63, 3.8) is 0 Å². The molecule has 0 saturated carbocycles. The summed E-state index contributed by atoms with van der Waals surface area (Å²) in [6, 6.07) is 8.19. The minimum atomic E-state index is -0.184. The summed E-state index contributed by atoms with van der Waals surface area (Å²) >= 11 is 6.42. The Labute approximate surface area is 160 Å². The van der Waals surface area contributed by atoms with Crippen LogP contribution in [0.2, 0.25) is 5.15 Å². The van der Waals surface area contributed by atoms with E-state index in [0.29, 0.717) is 36.1 Å². The molecule has 1 N–H and O–H groups in total. The second-order valence-corrected chi connectivity index (χ2v) is 6.83. The van der Waals surface area contributed by atoms with Crippen molar-refractivity contribution in [2.24, 2.45) is 0 Å². The summed E-state index contributed by atoms with van der Waals surface area (Å²) in [7, 11) is 0. The maximum Gasteiger partial charge on any atom is 0.256 e. The first-order valence-corrected chi connectivity index (χ1v) is 9.55. The van der Waals surface area contributed by atoms with Crippen molar-refractivity contribution in [3.05, 3.63) is 51.8 Å². The molecule has 2 aromatic rings. The van der Waals surface area contributed by atoms with E-state index in [9.17, 15) is 4.79 Å². The van der Waals surface area contributed by atoms with Crippen LogP contribution in [0.15, 0.2) is 24.3 Å². The molecule has 0 aliphatic carbocycles. The molecule has 0 atom stereocenters. The molecule has 2 rings (SSSR count). The van der Waals surface area contributed by atoms with E-state index in [0.717, 1.165) is 31.4 Å². The number of nitrogens with zero attached hydrogens (tertiary/aromatic N) is 2. The Kier molecular flexibility index (Phi) is 8.13. The first-order chi connectivity index (χ1) is 12.5. The maximum atomic E-state index is 12.4. The Hall–Kier alpha value is -1.85. The number of rotatable bonds is 10. The number of carbonyl (C=O) groups is 1. The SMILES string of the molecule is CCCCOCCCNC(=O)c1c(C)nn(Cc2ccc(C)cc2)c1Cl. The molecular formula is C20H28ClN3O2. The fourth-order valence-electron chi connectivity index (χ4n) is 2.60. The Morgan fingerprint density at radius 1 is 1.19 bits per heavy atom. The van der Waals surface area contributed by atoms with Crippen molar-refractivity contribution in [3.8, 4) is 0 Å². The lowest BCUT2D eigenvalue weighted by atomic mass is 10.1. The van der Waals surface area contributed by atoms with Gasteiger partial charge in [-0.3, -0.25) is 4.79 Å². The standard InChI is InChI=1S/C20H28ClN3O2/c1-4-5-12-26-13-6-11-22-20(25)18-16(3)23-24(19(18)21)14-17-9-7-15(2)8-10-17/h7-10H,4-6,11-14H2,1-3H3,(H,22,25). The van der Waals surface area contributed by atoms with Crippen LogP contribution in [0.1, 0.15) is 53.4 Å². The van der Waals surface area contributed by atoms with Gasteiger partial charge >= 0.3 is 0 Å². The van der Waals surface area contributed by atoms with Crippen LogP contribution in [0, 0.1) is 13.8 Å². The number of amides is 1. The molecular weight excluding hydrogens is 350 g/mol. The average molecular weight is 378 g/mol. The van der Waals surface area contributed by atoms with E-state index in [1.165, 1.54) is 5.56 Å². The van der Waals surface area contributed by atoms with Gasteiger partial charge in [-0.05, 0) is 32.3 Å². The summed E-state index contributed by atoms with van der Waals surface area (Å²) in [6.45, 7) is 8.52. The zero-order valence-electron chi connectivity index (χ0n) is 15.8. The van der Waals surface area contributed by atoms with Gasteiger partial charge in [0.25, 0.3) is 5.91 Å². The zero-order valence-corrected chi connectivity index (χ0v) is 16.6. The van der Waals surface area contributed by atoms with E-state index in [1.54, 1.807) is 11.6 Å². The molecule has 0 spiro atoms. The largest absolute Gasteiger partial charge is 0.381 e. The van der Waals surface area contributed by atoms with Crippen molar-refractivity contribution in [2.45, 2.75) is 46.6 Å². The highest BCUT2D eigenvalue weighted by Gasteiger charge is 2.20. The Balaban J connectivity index is 1.89. The lowest BCUT2D eigenvalue weighted by Crippen LogP contribution is -2.26. The number of aryl methyl sites for hydroxylation is 2. The third-order valence-corrected chi connectivity index (χ3v) is 4.52. The molecule has 0 aliphatic rings. The topological polar surface area (TPSA) is 56.1 Å². The predicted molar refractivity (Wildman–Crippen MR) is 105 cm³/mol. The molecule has 5 nitrogen and oxygen atoms in total. The summed E-state index contributed by atoms with van der Waals surface area (Å²) in [5.74, 6) is -0.184. The van der Waals surface area contributed by atoms with E-state index in [2.05, 4.69) is 29.5 Å². The quantitative estimate of drug-likeness (QED) is 0.633. The summed E-state index contributed by atoms with van der Waals surface area (Å²) in [5, 5.41) is 7.70. The lowest BCUT2D eigenvalue weighted by molar-refractivity contribution is 0.0940. The summed E-state index contributed by atoms with van der Waals surface area (Å²) in [4.78, 5) is 12.4. The van der Waals surface area contributed by atoms with Gasteiger partial charge in [0.15, 0.2) is 0 Å². The van der Waals surface area contributed by atoms with Crippen molar-refractivity contribution in [1.29, 1.82) is 0 Å². The Morgan fingerprint density at radius 3 is 2.58 bits per heavy atom. The minimum absolute atomic E-state index is 0.184. The zero-order chi connectivity index (χ0) is 18.9. The molecule has 0 bridgehead atoms. The number of hydrogen-bond donors (Lipinski definition) is 1. The van der Waals surface area contributed by atoms with E-state index in [1.807, 2.05) is 19.1 Å². The fourth-order valence-corrected chi connectivity index (χ4v) is 2.92. The number of carbonyl (C=O) groups excluding carboxylic acids is 1. The third-order valence-electron chi connectivity index (χ3n) is 4.14. The molecule has 0 unspecified atom stereocenters. The first-order valence-electron chi connectivity index (χ1n) is 9.17. The highest BCUT2D eigenvalue weighted by atomic mass is 35.5.